The average Bonchev–Trinajstić information content (AvgIpc) is 2.81. The molecule has 1 aliphatic rings. The Balaban J connectivity index is 2.25. The van der Waals surface area contributed by atoms with Crippen molar-refractivity contribution in [3.8, 4) is 0 Å². The van der Waals surface area contributed by atoms with Crippen LogP contribution in [0.4, 0.5) is 5.82 Å². The summed E-state index contributed by atoms with van der Waals surface area (Å²) in [4.78, 5) is 51.2. The van der Waals surface area contributed by atoms with Crippen molar-refractivity contribution in [3.05, 3.63) is 22.7 Å². The Hall–Kier alpha value is -2.95. The van der Waals surface area contributed by atoms with Crippen LogP contribution in [0.5, 0.6) is 0 Å². The second-order valence-electron chi connectivity index (χ2n) is 5.48. The standard InChI is InChI=1S/C15H19N3O8/c1-7(19)23-6-10-12(24-8(2)20)13(25-9(3)21)14(26-10)17-11-4-5-16-15(22)18-11/h4-5,10,12-14H,6H2,1-3H3,(H2,16,17,18,22)/t10-,12-,13+,14?/m1/s1. The van der Waals surface area contributed by atoms with Crippen LogP contribution in [-0.4, -0.2) is 59.0 Å². The van der Waals surface area contributed by atoms with Crippen LogP contribution < -0.4 is 11.0 Å². The summed E-state index contributed by atoms with van der Waals surface area (Å²) in [5.74, 6) is -1.54. The second-order valence-corrected chi connectivity index (χ2v) is 5.48. The minimum atomic E-state index is -1.03. The average molecular weight is 369 g/mol. The van der Waals surface area contributed by atoms with Crippen LogP contribution in [0.25, 0.3) is 0 Å². The molecule has 1 unspecified atom stereocenters. The van der Waals surface area contributed by atoms with E-state index in [2.05, 4.69) is 15.3 Å². The van der Waals surface area contributed by atoms with E-state index in [9.17, 15) is 19.2 Å². The predicted octanol–water partition coefficient (Wildman–Crippen LogP) is -0.667. The minimum Gasteiger partial charge on any atom is -0.463 e. The molecule has 0 aromatic carbocycles. The van der Waals surface area contributed by atoms with Crippen LogP contribution in [0.3, 0.4) is 0 Å². The molecule has 11 nitrogen and oxygen atoms in total. The SMILES string of the molecule is CC(=O)OC[C@H]1OC(Nc2ccnc(=O)[nH]2)[C@@H](OC(C)=O)[C@@H]1OC(C)=O. The lowest BCUT2D eigenvalue weighted by atomic mass is 10.1. The van der Waals surface area contributed by atoms with Crippen molar-refractivity contribution in [1.29, 1.82) is 0 Å². The van der Waals surface area contributed by atoms with Gasteiger partial charge in [-0.15, -0.1) is 0 Å². The number of esters is 3. The lowest BCUT2D eigenvalue weighted by Crippen LogP contribution is -2.43. The van der Waals surface area contributed by atoms with E-state index in [1.165, 1.54) is 33.0 Å². The van der Waals surface area contributed by atoms with Crippen LogP contribution >= 0.6 is 0 Å². The normalized spacial score (nSPS) is 24.6. The maximum Gasteiger partial charge on any atom is 0.346 e. The zero-order valence-corrected chi connectivity index (χ0v) is 14.4. The van der Waals surface area contributed by atoms with Gasteiger partial charge in [-0.1, -0.05) is 0 Å². The van der Waals surface area contributed by atoms with Gasteiger partial charge in [0.2, 0.25) is 0 Å². The monoisotopic (exact) mass is 369 g/mol. The molecular formula is C15H19N3O8. The van der Waals surface area contributed by atoms with Gasteiger partial charge in [0.25, 0.3) is 0 Å². The zero-order chi connectivity index (χ0) is 19.3. The number of aromatic nitrogens is 2. The Morgan fingerprint density at radius 1 is 1.15 bits per heavy atom. The molecule has 0 saturated carbocycles. The Morgan fingerprint density at radius 3 is 2.38 bits per heavy atom. The van der Waals surface area contributed by atoms with Crippen LogP contribution in [0.15, 0.2) is 17.1 Å². The van der Waals surface area contributed by atoms with Gasteiger partial charge >= 0.3 is 23.6 Å². The highest BCUT2D eigenvalue weighted by Crippen LogP contribution is 2.28. The molecule has 1 aromatic heterocycles. The Labute approximate surface area is 148 Å². The number of H-pyrrole nitrogens is 1. The molecule has 0 bridgehead atoms. The number of nitrogens with one attached hydrogen (secondary N) is 2. The van der Waals surface area contributed by atoms with Crippen LogP contribution in [0, 0.1) is 0 Å². The number of carbonyl (C=O) groups is 3. The van der Waals surface area contributed by atoms with Crippen molar-refractivity contribution >= 4 is 23.7 Å². The first-order valence-corrected chi connectivity index (χ1v) is 7.71. The number of rotatable bonds is 6. The fourth-order valence-corrected chi connectivity index (χ4v) is 2.44. The van der Waals surface area contributed by atoms with Crippen molar-refractivity contribution < 1.29 is 33.3 Å². The molecule has 0 spiro atoms. The molecule has 0 aliphatic carbocycles. The maximum absolute atomic E-state index is 11.5. The lowest BCUT2D eigenvalue weighted by molar-refractivity contribution is -0.165. The number of nitrogens with zero attached hydrogens (tertiary/aromatic N) is 1. The van der Waals surface area contributed by atoms with Gasteiger partial charge in [0.05, 0.1) is 0 Å². The summed E-state index contributed by atoms with van der Waals surface area (Å²) in [6.07, 6.45) is -2.62. The van der Waals surface area contributed by atoms with Crippen LogP contribution in [0.2, 0.25) is 0 Å². The smallest absolute Gasteiger partial charge is 0.346 e. The third kappa shape index (κ3) is 5.28. The van der Waals surface area contributed by atoms with E-state index in [1.54, 1.807) is 0 Å². The molecular weight excluding hydrogens is 350 g/mol. The molecule has 142 valence electrons. The molecule has 1 fully saturated rings. The third-order valence-electron chi connectivity index (χ3n) is 3.34. The Morgan fingerprint density at radius 2 is 1.81 bits per heavy atom. The molecule has 2 N–H and O–H groups in total. The molecule has 1 aliphatic heterocycles. The second kappa shape index (κ2) is 8.43. The molecule has 26 heavy (non-hydrogen) atoms. The fourth-order valence-electron chi connectivity index (χ4n) is 2.44. The van der Waals surface area contributed by atoms with Gasteiger partial charge in [-0.2, -0.15) is 0 Å². The van der Waals surface area contributed by atoms with E-state index in [1.807, 2.05) is 0 Å². The topological polar surface area (TPSA) is 146 Å². The summed E-state index contributed by atoms with van der Waals surface area (Å²) >= 11 is 0. The Bertz CT molecular complexity index is 734. The van der Waals surface area contributed by atoms with Gasteiger partial charge in [0.15, 0.2) is 18.4 Å². The molecule has 4 atom stereocenters. The fraction of sp³-hybridized carbons (Fsp3) is 0.533. The first kappa shape index (κ1) is 19.4. The Kier molecular flexibility index (Phi) is 6.28. The zero-order valence-electron chi connectivity index (χ0n) is 14.4. The van der Waals surface area contributed by atoms with Crippen molar-refractivity contribution in [1.82, 2.24) is 9.97 Å². The first-order valence-electron chi connectivity index (χ1n) is 7.71. The molecule has 2 rings (SSSR count). The minimum absolute atomic E-state index is 0.212. The van der Waals surface area contributed by atoms with E-state index in [0.29, 0.717) is 0 Å². The summed E-state index contributed by atoms with van der Waals surface area (Å²) in [6.45, 7) is 3.39. The number of hydrogen-bond donors (Lipinski definition) is 2. The quantitative estimate of drug-likeness (QED) is 0.489. The molecule has 0 amide bonds. The van der Waals surface area contributed by atoms with Gasteiger partial charge in [0, 0.05) is 27.0 Å². The van der Waals surface area contributed by atoms with E-state index >= 15 is 0 Å². The van der Waals surface area contributed by atoms with Crippen LogP contribution in [0.1, 0.15) is 20.8 Å². The van der Waals surface area contributed by atoms with Gasteiger partial charge in [0.1, 0.15) is 18.5 Å². The summed E-state index contributed by atoms with van der Waals surface area (Å²) in [6, 6.07) is 1.47. The molecule has 2 heterocycles. The highest BCUT2D eigenvalue weighted by atomic mass is 16.7. The van der Waals surface area contributed by atoms with Crippen LogP contribution in [-0.2, 0) is 33.3 Å². The highest BCUT2D eigenvalue weighted by molar-refractivity contribution is 5.68. The molecule has 1 saturated heterocycles. The maximum atomic E-state index is 11.5. The third-order valence-corrected chi connectivity index (χ3v) is 3.34. The molecule has 1 aromatic rings. The highest BCUT2D eigenvalue weighted by Gasteiger charge is 2.49. The first-order chi connectivity index (χ1) is 12.3. The number of carbonyl (C=O) groups excluding carboxylic acids is 3. The molecule has 11 heteroatoms. The van der Waals surface area contributed by atoms with E-state index in [-0.39, 0.29) is 12.4 Å². The van der Waals surface area contributed by atoms with Crippen molar-refractivity contribution in [2.75, 3.05) is 11.9 Å². The van der Waals surface area contributed by atoms with E-state index in [0.717, 1.165) is 0 Å². The van der Waals surface area contributed by atoms with E-state index < -0.39 is 48.1 Å². The van der Waals surface area contributed by atoms with Crippen molar-refractivity contribution in [2.24, 2.45) is 0 Å². The number of hydrogen-bond acceptors (Lipinski definition) is 10. The number of aromatic amines is 1. The summed E-state index contributed by atoms with van der Waals surface area (Å²) in [5, 5.41) is 2.83. The van der Waals surface area contributed by atoms with Crippen molar-refractivity contribution in [3.63, 3.8) is 0 Å². The van der Waals surface area contributed by atoms with Gasteiger partial charge in [-0.3, -0.25) is 19.4 Å². The number of ether oxygens (including phenoxy) is 4. The van der Waals surface area contributed by atoms with Gasteiger partial charge < -0.3 is 24.3 Å². The number of anilines is 1. The van der Waals surface area contributed by atoms with E-state index in [4.69, 9.17) is 18.9 Å². The van der Waals surface area contributed by atoms with Gasteiger partial charge in [-0.05, 0) is 6.07 Å². The lowest BCUT2D eigenvalue weighted by Gasteiger charge is -2.23. The summed E-state index contributed by atoms with van der Waals surface area (Å²) in [7, 11) is 0. The largest absolute Gasteiger partial charge is 0.463 e. The summed E-state index contributed by atoms with van der Waals surface area (Å²) < 4.78 is 21.0. The summed E-state index contributed by atoms with van der Waals surface area (Å²) in [5.41, 5.74) is -0.593. The van der Waals surface area contributed by atoms with Gasteiger partial charge in [-0.25, -0.2) is 9.78 Å². The molecule has 0 radical (unpaired) electrons. The van der Waals surface area contributed by atoms with Crippen molar-refractivity contribution in [2.45, 2.75) is 45.3 Å². The predicted molar refractivity (Wildman–Crippen MR) is 84.9 cm³/mol.